The lowest BCUT2D eigenvalue weighted by Crippen LogP contribution is -2.04. The average molecular weight is 295 g/mol. The van der Waals surface area contributed by atoms with Crippen molar-refractivity contribution in [3.8, 4) is 5.75 Å². The van der Waals surface area contributed by atoms with Crippen molar-refractivity contribution in [1.82, 2.24) is 9.38 Å². The van der Waals surface area contributed by atoms with Crippen LogP contribution in [-0.2, 0) is 6.18 Å². The van der Waals surface area contributed by atoms with Crippen LogP contribution in [-0.4, -0.2) is 16.5 Å². The van der Waals surface area contributed by atoms with Gasteiger partial charge in [0.25, 0.3) is 0 Å². The van der Waals surface area contributed by atoms with Gasteiger partial charge in [0.15, 0.2) is 17.1 Å². The van der Waals surface area contributed by atoms with Crippen LogP contribution in [0.5, 0.6) is 5.75 Å². The third kappa shape index (κ3) is 1.87. The van der Waals surface area contributed by atoms with Gasteiger partial charge in [0.1, 0.15) is 0 Å². The number of alkyl halides is 3. The van der Waals surface area contributed by atoms with E-state index in [-0.39, 0.29) is 11.4 Å². The van der Waals surface area contributed by atoms with Crippen molar-refractivity contribution in [2.45, 2.75) is 6.18 Å². The SMILES string of the molecule is COc1cc(Br)cn2cc(C(F)(F)F)nc12. The molecule has 0 radical (unpaired) electrons. The Hall–Kier alpha value is -1.24. The van der Waals surface area contributed by atoms with Gasteiger partial charge in [0.2, 0.25) is 0 Å². The molecule has 0 spiro atoms. The molecule has 0 N–H and O–H groups in total. The maximum Gasteiger partial charge on any atom is 0.434 e. The van der Waals surface area contributed by atoms with Crippen molar-refractivity contribution in [3.63, 3.8) is 0 Å². The van der Waals surface area contributed by atoms with E-state index in [0.29, 0.717) is 4.47 Å². The van der Waals surface area contributed by atoms with E-state index >= 15 is 0 Å². The summed E-state index contributed by atoms with van der Waals surface area (Å²) in [6.07, 6.45) is -2.05. The summed E-state index contributed by atoms with van der Waals surface area (Å²) in [6.45, 7) is 0. The molecule has 0 fully saturated rings. The summed E-state index contributed by atoms with van der Waals surface area (Å²) in [5.41, 5.74) is -0.804. The zero-order valence-corrected chi connectivity index (χ0v) is 9.63. The van der Waals surface area contributed by atoms with Gasteiger partial charge < -0.3 is 9.14 Å². The molecule has 3 nitrogen and oxygen atoms in total. The Morgan fingerprint density at radius 3 is 2.62 bits per heavy atom. The number of methoxy groups -OCH3 is 1. The Bertz CT molecular complexity index is 535. The summed E-state index contributed by atoms with van der Waals surface area (Å²) < 4.78 is 44.1. The van der Waals surface area contributed by atoms with Crippen molar-refractivity contribution in [3.05, 3.63) is 28.6 Å². The number of aromatic nitrogens is 2. The molecule has 0 unspecified atom stereocenters. The topological polar surface area (TPSA) is 26.5 Å². The molecule has 0 aliphatic rings. The zero-order valence-electron chi connectivity index (χ0n) is 8.05. The van der Waals surface area contributed by atoms with Gasteiger partial charge in [-0.05, 0) is 22.0 Å². The van der Waals surface area contributed by atoms with Gasteiger partial charge in [0.05, 0.1) is 7.11 Å². The van der Waals surface area contributed by atoms with Crippen LogP contribution < -0.4 is 4.74 Å². The van der Waals surface area contributed by atoms with Crippen LogP contribution in [0.3, 0.4) is 0 Å². The molecule has 0 aliphatic carbocycles. The second-order valence-electron chi connectivity index (χ2n) is 3.08. The molecule has 0 bridgehead atoms. The molecule has 0 saturated carbocycles. The molecule has 0 amide bonds. The predicted octanol–water partition coefficient (Wildman–Crippen LogP) is 3.12. The van der Waals surface area contributed by atoms with E-state index in [4.69, 9.17) is 4.74 Å². The third-order valence-electron chi connectivity index (χ3n) is 1.99. The Morgan fingerprint density at radius 1 is 1.38 bits per heavy atom. The predicted molar refractivity (Wildman–Crippen MR) is 54.4 cm³/mol. The second-order valence-corrected chi connectivity index (χ2v) is 4.00. The molecular weight excluding hydrogens is 289 g/mol. The van der Waals surface area contributed by atoms with Crippen LogP contribution in [0.1, 0.15) is 5.69 Å². The van der Waals surface area contributed by atoms with E-state index in [0.717, 1.165) is 6.20 Å². The van der Waals surface area contributed by atoms with Crippen LogP contribution in [0.25, 0.3) is 5.65 Å². The van der Waals surface area contributed by atoms with E-state index in [1.165, 1.54) is 17.7 Å². The summed E-state index contributed by atoms with van der Waals surface area (Å²) in [4.78, 5) is 3.49. The van der Waals surface area contributed by atoms with Gasteiger partial charge in [-0.25, -0.2) is 4.98 Å². The van der Waals surface area contributed by atoms with Crippen LogP contribution >= 0.6 is 15.9 Å². The monoisotopic (exact) mass is 294 g/mol. The summed E-state index contributed by atoms with van der Waals surface area (Å²) in [7, 11) is 1.38. The fourth-order valence-electron chi connectivity index (χ4n) is 1.32. The number of imidazole rings is 1. The molecule has 0 aromatic carbocycles. The van der Waals surface area contributed by atoms with Crippen LogP contribution in [0.15, 0.2) is 22.9 Å². The Kier molecular flexibility index (Phi) is 2.57. The minimum Gasteiger partial charge on any atom is -0.493 e. The molecular formula is C9H6BrF3N2O. The van der Waals surface area contributed by atoms with E-state index in [1.807, 2.05) is 0 Å². The maximum absolute atomic E-state index is 12.4. The number of hydrogen-bond donors (Lipinski definition) is 0. The highest BCUT2D eigenvalue weighted by molar-refractivity contribution is 9.10. The van der Waals surface area contributed by atoms with Crippen molar-refractivity contribution in [2.24, 2.45) is 0 Å². The Balaban J connectivity index is 2.70. The summed E-state index contributed by atoms with van der Waals surface area (Å²) in [6, 6.07) is 1.56. The van der Waals surface area contributed by atoms with Gasteiger partial charge in [-0.1, -0.05) is 0 Å². The molecule has 2 heterocycles. The molecule has 2 aromatic heterocycles. The van der Waals surface area contributed by atoms with E-state index in [2.05, 4.69) is 20.9 Å². The normalized spacial score (nSPS) is 12.1. The van der Waals surface area contributed by atoms with Crippen molar-refractivity contribution in [2.75, 3.05) is 7.11 Å². The number of ether oxygens (including phenoxy) is 1. The lowest BCUT2D eigenvalue weighted by atomic mass is 10.4. The van der Waals surface area contributed by atoms with Crippen LogP contribution in [0, 0.1) is 0 Å². The number of nitrogens with zero attached hydrogens (tertiary/aromatic N) is 2. The van der Waals surface area contributed by atoms with Crippen molar-refractivity contribution < 1.29 is 17.9 Å². The van der Waals surface area contributed by atoms with Crippen LogP contribution in [0.2, 0.25) is 0 Å². The molecule has 2 rings (SSSR count). The number of hydrogen-bond acceptors (Lipinski definition) is 2. The summed E-state index contributed by atoms with van der Waals surface area (Å²) >= 11 is 3.17. The standard InChI is InChI=1S/C9H6BrF3N2O/c1-16-6-2-5(10)3-15-4-7(9(11,12)13)14-8(6)15/h2-4H,1H3. The number of pyridine rings is 1. The van der Waals surface area contributed by atoms with E-state index in [9.17, 15) is 13.2 Å². The number of rotatable bonds is 1. The summed E-state index contributed by atoms with van der Waals surface area (Å²) in [5, 5.41) is 0. The largest absolute Gasteiger partial charge is 0.493 e. The number of fused-ring (bicyclic) bond motifs is 1. The third-order valence-corrected chi connectivity index (χ3v) is 2.43. The summed E-state index contributed by atoms with van der Waals surface area (Å²) in [5.74, 6) is 0.282. The van der Waals surface area contributed by atoms with Crippen LogP contribution in [0.4, 0.5) is 13.2 Å². The Morgan fingerprint density at radius 2 is 2.06 bits per heavy atom. The van der Waals surface area contributed by atoms with Gasteiger partial charge in [0, 0.05) is 16.9 Å². The quantitative estimate of drug-likeness (QED) is 0.808. The van der Waals surface area contributed by atoms with E-state index in [1.54, 1.807) is 6.07 Å². The molecule has 0 aliphatic heterocycles. The molecule has 2 aromatic rings. The first-order valence-corrected chi connectivity index (χ1v) is 5.00. The van der Waals surface area contributed by atoms with Crippen molar-refractivity contribution in [1.29, 1.82) is 0 Å². The molecule has 16 heavy (non-hydrogen) atoms. The van der Waals surface area contributed by atoms with E-state index < -0.39 is 11.9 Å². The molecule has 0 atom stereocenters. The van der Waals surface area contributed by atoms with Crippen molar-refractivity contribution >= 4 is 21.6 Å². The highest BCUT2D eigenvalue weighted by atomic mass is 79.9. The second kappa shape index (κ2) is 3.65. The fraction of sp³-hybridized carbons (Fsp3) is 0.222. The molecule has 86 valence electrons. The number of halogens is 4. The zero-order chi connectivity index (χ0) is 11.9. The van der Waals surface area contributed by atoms with Gasteiger partial charge in [-0.15, -0.1) is 0 Å². The van der Waals surface area contributed by atoms with Gasteiger partial charge in [-0.2, -0.15) is 13.2 Å². The lowest BCUT2D eigenvalue weighted by Gasteiger charge is -2.02. The fourth-order valence-corrected chi connectivity index (χ4v) is 1.75. The molecule has 0 saturated heterocycles. The highest BCUT2D eigenvalue weighted by Crippen LogP contribution is 2.31. The Labute approximate surface area is 97.0 Å². The highest BCUT2D eigenvalue weighted by Gasteiger charge is 2.34. The van der Waals surface area contributed by atoms with Gasteiger partial charge >= 0.3 is 6.18 Å². The smallest absolute Gasteiger partial charge is 0.434 e. The first-order valence-electron chi connectivity index (χ1n) is 4.21. The minimum absolute atomic E-state index is 0.137. The maximum atomic E-state index is 12.4. The minimum atomic E-state index is -4.45. The molecule has 7 heteroatoms. The average Bonchev–Trinajstić information content (AvgIpc) is 2.59. The lowest BCUT2D eigenvalue weighted by molar-refractivity contribution is -0.140. The first kappa shape index (κ1) is 11.3. The van der Waals surface area contributed by atoms with Gasteiger partial charge in [-0.3, -0.25) is 0 Å². The first-order chi connectivity index (χ1) is 7.41.